The molecule has 1 heterocycles. The molecule has 4 rings (SSSR count). The zero-order valence-corrected chi connectivity index (χ0v) is 18.9. The van der Waals surface area contributed by atoms with Crippen LogP contribution in [0, 0.1) is 0 Å². The largest absolute Gasteiger partial charge is 0.465 e. The van der Waals surface area contributed by atoms with Crippen LogP contribution in [0.25, 0.3) is 28.2 Å². The number of hydrogen-bond acceptors (Lipinski definition) is 5. The van der Waals surface area contributed by atoms with Crippen molar-refractivity contribution in [2.24, 2.45) is 0 Å². The van der Waals surface area contributed by atoms with Gasteiger partial charge in [-0.1, -0.05) is 41.9 Å². The summed E-state index contributed by atoms with van der Waals surface area (Å²) >= 11 is 6.02. The highest BCUT2D eigenvalue weighted by Gasteiger charge is 2.19. The molecular formula is C24H19ClN2O4S. The number of sulfone groups is 1. The van der Waals surface area contributed by atoms with Gasteiger partial charge in [0.05, 0.1) is 34.6 Å². The third-order valence-corrected chi connectivity index (χ3v) is 6.35. The Morgan fingerprint density at radius 2 is 1.62 bits per heavy atom. The number of carbonyl (C=O) groups excluding carboxylic acids is 1. The summed E-state index contributed by atoms with van der Waals surface area (Å²) in [6, 6.07) is 22.7. The number of esters is 1. The second-order valence-electron chi connectivity index (χ2n) is 7.14. The van der Waals surface area contributed by atoms with Crippen molar-refractivity contribution in [2.75, 3.05) is 13.4 Å². The predicted molar refractivity (Wildman–Crippen MR) is 124 cm³/mol. The Bertz CT molecular complexity index is 1390. The van der Waals surface area contributed by atoms with Crippen molar-refractivity contribution in [3.05, 3.63) is 89.4 Å². The van der Waals surface area contributed by atoms with Gasteiger partial charge < -0.3 is 4.74 Å². The van der Waals surface area contributed by atoms with Gasteiger partial charge in [-0.05, 0) is 48.5 Å². The monoisotopic (exact) mass is 466 g/mol. The molecule has 0 spiro atoms. The number of ether oxygens (including phenoxy) is 1. The Hall–Kier alpha value is -3.42. The standard InChI is InChI=1S/C24H19ClN2O4S/c1-31-24(28)21-6-4-3-5-20(21)23-15-22(16-7-9-17(25)10-8-16)26-27(23)18-11-13-19(14-12-18)32(2,29)30/h3-15H,1-2H3. The molecule has 3 aromatic carbocycles. The van der Waals surface area contributed by atoms with Crippen molar-refractivity contribution in [1.29, 1.82) is 0 Å². The van der Waals surface area contributed by atoms with Crippen LogP contribution in [0.15, 0.2) is 83.8 Å². The minimum absolute atomic E-state index is 0.211. The third kappa shape index (κ3) is 4.30. The minimum atomic E-state index is -3.33. The Balaban J connectivity index is 1.93. The molecule has 0 fully saturated rings. The summed E-state index contributed by atoms with van der Waals surface area (Å²) in [4.78, 5) is 12.6. The lowest BCUT2D eigenvalue weighted by Crippen LogP contribution is -2.06. The molecule has 0 amide bonds. The molecule has 32 heavy (non-hydrogen) atoms. The molecule has 4 aromatic rings. The maximum atomic E-state index is 12.4. The lowest BCUT2D eigenvalue weighted by Gasteiger charge is -2.11. The Morgan fingerprint density at radius 3 is 2.25 bits per heavy atom. The number of methoxy groups -OCH3 is 1. The van der Waals surface area contributed by atoms with Crippen LogP contribution in [-0.4, -0.2) is 37.5 Å². The van der Waals surface area contributed by atoms with Crippen molar-refractivity contribution in [3.63, 3.8) is 0 Å². The quantitative estimate of drug-likeness (QED) is 0.384. The fourth-order valence-corrected chi connectivity index (χ4v) is 4.12. The van der Waals surface area contributed by atoms with Gasteiger partial charge in [0.2, 0.25) is 0 Å². The van der Waals surface area contributed by atoms with E-state index in [0.29, 0.717) is 33.2 Å². The second-order valence-corrected chi connectivity index (χ2v) is 9.59. The summed E-state index contributed by atoms with van der Waals surface area (Å²) in [5.74, 6) is -0.464. The van der Waals surface area contributed by atoms with Crippen molar-refractivity contribution < 1.29 is 17.9 Å². The van der Waals surface area contributed by atoms with Crippen LogP contribution < -0.4 is 0 Å². The van der Waals surface area contributed by atoms with Gasteiger partial charge in [-0.15, -0.1) is 0 Å². The van der Waals surface area contributed by atoms with Crippen molar-refractivity contribution in [1.82, 2.24) is 9.78 Å². The van der Waals surface area contributed by atoms with E-state index < -0.39 is 15.8 Å². The van der Waals surface area contributed by atoms with E-state index in [0.717, 1.165) is 11.8 Å². The first-order valence-corrected chi connectivity index (χ1v) is 11.9. The van der Waals surface area contributed by atoms with E-state index in [2.05, 4.69) is 0 Å². The summed E-state index contributed by atoms with van der Waals surface area (Å²) in [7, 11) is -2.00. The molecule has 0 saturated heterocycles. The van der Waals surface area contributed by atoms with Crippen LogP contribution >= 0.6 is 11.6 Å². The highest BCUT2D eigenvalue weighted by molar-refractivity contribution is 7.90. The topological polar surface area (TPSA) is 78.3 Å². The van der Waals surface area contributed by atoms with E-state index in [1.165, 1.54) is 19.2 Å². The maximum absolute atomic E-state index is 12.4. The van der Waals surface area contributed by atoms with Gasteiger partial charge in [0.25, 0.3) is 0 Å². The van der Waals surface area contributed by atoms with Crippen LogP contribution in [0.1, 0.15) is 10.4 Å². The zero-order chi connectivity index (χ0) is 22.9. The first kappa shape index (κ1) is 21.8. The smallest absolute Gasteiger partial charge is 0.338 e. The first-order valence-electron chi connectivity index (χ1n) is 9.62. The summed E-state index contributed by atoms with van der Waals surface area (Å²) < 4.78 is 30.3. The van der Waals surface area contributed by atoms with E-state index in [9.17, 15) is 13.2 Å². The molecule has 0 aliphatic heterocycles. The molecule has 8 heteroatoms. The van der Waals surface area contributed by atoms with Crippen LogP contribution in [0.2, 0.25) is 5.02 Å². The van der Waals surface area contributed by atoms with Crippen molar-refractivity contribution in [3.8, 4) is 28.2 Å². The van der Waals surface area contributed by atoms with Gasteiger partial charge in [-0.25, -0.2) is 17.9 Å². The lowest BCUT2D eigenvalue weighted by molar-refractivity contribution is 0.0601. The van der Waals surface area contributed by atoms with E-state index in [-0.39, 0.29) is 4.90 Å². The van der Waals surface area contributed by atoms with Crippen molar-refractivity contribution in [2.45, 2.75) is 4.90 Å². The number of aromatic nitrogens is 2. The average molecular weight is 467 g/mol. The number of rotatable bonds is 5. The Kier molecular flexibility index (Phi) is 5.86. The average Bonchev–Trinajstić information content (AvgIpc) is 3.24. The van der Waals surface area contributed by atoms with Gasteiger partial charge in [-0.2, -0.15) is 5.10 Å². The van der Waals surface area contributed by atoms with Gasteiger partial charge >= 0.3 is 5.97 Å². The van der Waals surface area contributed by atoms with Gasteiger partial charge in [0.15, 0.2) is 9.84 Å². The SMILES string of the molecule is COC(=O)c1ccccc1-c1cc(-c2ccc(Cl)cc2)nn1-c1ccc(S(C)(=O)=O)cc1. The maximum Gasteiger partial charge on any atom is 0.338 e. The summed E-state index contributed by atoms with van der Waals surface area (Å²) in [6.45, 7) is 0. The second kappa shape index (κ2) is 8.61. The predicted octanol–water partition coefficient (Wildman–Crippen LogP) is 5.05. The number of hydrogen-bond donors (Lipinski definition) is 0. The molecule has 0 aliphatic carbocycles. The molecule has 6 nitrogen and oxygen atoms in total. The lowest BCUT2D eigenvalue weighted by atomic mass is 10.0. The normalized spacial score (nSPS) is 11.3. The molecule has 0 N–H and O–H groups in total. The summed E-state index contributed by atoms with van der Waals surface area (Å²) in [5, 5.41) is 5.36. The minimum Gasteiger partial charge on any atom is -0.465 e. The first-order chi connectivity index (χ1) is 15.3. The van der Waals surface area contributed by atoms with Crippen LogP contribution in [-0.2, 0) is 14.6 Å². The van der Waals surface area contributed by atoms with E-state index in [1.807, 2.05) is 30.3 Å². The number of halogens is 1. The number of nitrogens with zero attached hydrogens (tertiary/aromatic N) is 2. The molecule has 0 aliphatic rings. The molecule has 0 unspecified atom stereocenters. The highest BCUT2D eigenvalue weighted by Crippen LogP contribution is 2.32. The molecule has 0 radical (unpaired) electrons. The van der Waals surface area contributed by atoms with E-state index in [1.54, 1.807) is 41.1 Å². The van der Waals surface area contributed by atoms with Gasteiger partial charge in [0, 0.05) is 22.4 Å². The van der Waals surface area contributed by atoms with Gasteiger partial charge in [0.1, 0.15) is 0 Å². The zero-order valence-electron chi connectivity index (χ0n) is 17.3. The van der Waals surface area contributed by atoms with Crippen LogP contribution in [0.3, 0.4) is 0 Å². The fraction of sp³-hybridized carbons (Fsp3) is 0.0833. The van der Waals surface area contributed by atoms with E-state index in [4.69, 9.17) is 21.4 Å². The van der Waals surface area contributed by atoms with Crippen LogP contribution in [0.5, 0.6) is 0 Å². The van der Waals surface area contributed by atoms with Gasteiger partial charge in [-0.3, -0.25) is 0 Å². The molecular weight excluding hydrogens is 448 g/mol. The number of benzene rings is 3. The van der Waals surface area contributed by atoms with Crippen LogP contribution in [0.4, 0.5) is 0 Å². The Labute approximate surface area is 191 Å². The Morgan fingerprint density at radius 1 is 0.969 bits per heavy atom. The molecule has 0 saturated carbocycles. The highest BCUT2D eigenvalue weighted by atomic mass is 35.5. The summed E-state index contributed by atoms with van der Waals surface area (Å²) in [6.07, 6.45) is 1.16. The molecule has 0 atom stereocenters. The molecule has 0 bridgehead atoms. The number of carbonyl (C=O) groups is 1. The molecule has 162 valence electrons. The van der Waals surface area contributed by atoms with E-state index >= 15 is 0 Å². The molecule has 1 aromatic heterocycles. The summed E-state index contributed by atoms with van der Waals surface area (Å²) in [5.41, 5.74) is 3.85. The van der Waals surface area contributed by atoms with Crippen molar-refractivity contribution >= 4 is 27.4 Å². The third-order valence-electron chi connectivity index (χ3n) is 4.97. The fourth-order valence-electron chi connectivity index (χ4n) is 3.36.